The molecule has 0 fully saturated rings. The second-order valence-electron chi connectivity index (χ2n) is 4.58. The molecular formula is C14H26ClN3O. The first kappa shape index (κ1) is 16.5. The maximum Gasteiger partial charge on any atom is 0.0849 e. The first-order valence-corrected chi connectivity index (χ1v) is 7.56. The highest BCUT2D eigenvalue weighted by Gasteiger charge is 2.13. The van der Waals surface area contributed by atoms with E-state index in [1.54, 1.807) is 7.11 Å². The van der Waals surface area contributed by atoms with E-state index in [9.17, 15) is 0 Å². The molecule has 19 heavy (non-hydrogen) atoms. The van der Waals surface area contributed by atoms with Crippen LogP contribution < -0.4 is 5.32 Å². The molecule has 1 heterocycles. The molecule has 0 aliphatic carbocycles. The molecule has 0 aliphatic heterocycles. The number of aromatic nitrogens is 2. The Morgan fingerprint density at radius 1 is 1.26 bits per heavy atom. The van der Waals surface area contributed by atoms with Crippen molar-refractivity contribution in [3.05, 3.63) is 16.4 Å². The van der Waals surface area contributed by atoms with Crippen molar-refractivity contribution in [2.75, 3.05) is 26.8 Å². The quantitative estimate of drug-likeness (QED) is 0.673. The molecule has 1 aromatic rings. The molecule has 1 rings (SSSR count). The fraction of sp³-hybridized carbons (Fsp3) is 0.786. The Morgan fingerprint density at radius 2 is 2.05 bits per heavy atom. The van der Waals surface area contributed by atoms with Crippen LogP contribution in [0.3, 0.4) is 0 Å². The van der Waals surface area contributed by atoms with Gasteiger partial charge in [0.1, 0.15) is 0 Å². The molecule has 0 radical (unpaired) electrons. The Kier molecular flexibility index (Phi) is 8.10. The van der Waals surface area contributed by atoms with Crippen LogP contribution in [0.2, 0.25) is 5.02 Å². The molecule has 110 valence electrons. The van der Waals surface area contributed by atoms with Gasteiger partial charge in [-0.1, -0.05) is 18.5 Å². The monoisotopic (exact) mass is 287 g/mol. The number of unbranched alkanes of at least 4 members (excludes halogenated alkanes) is 1. The van der Waals surface area contributed by atoms with Crippen LogP contribution in [0.15, 0.2) is 0 Å². The molecule has 0 aliphatic rings. The predicted molar refractivity (Wildman–Crippen MR) is 80.0 cm³/mol. The first-order valence-electron chi connectivity index (χ1n) is 7.18. The third kappa shape index (κ3) is 5.13. The molecule has 4 nitrogen and oxygen atoms in total. The summed E-state index contributed by atoms with van der Waals surface area (Å²) < 4.78 is 7.03. The van der Waals surface area contributed by atoms with Crippen LogP contribution in [0.4, 0.5) is 0 Å². The van der Waals surface area contributed by atoms with E-state index in [1.165, 1.54) is 5.69 Å². The second-order valence-corrected chi connectivity index (χ2v) is 4.95. The van der Waals surface area contributed by atoms with E-state index in [0.717, 1.165) is 62.6 Å². The van der Waals surface area contributed by atoms with Gasteiger partial charge in [0.15, 0.2) is 0 Å². The molecule has 0 saturated carbocycles. The summed E-state index contributed by atoms with van der Waals surface area (Å²) in [7, 11) is 1.72. The van der Waals surface area contributed by atoms with Gasteiger partial charge in [-0.25, -0.2) is 0 Å². The van der Waals surface area contributed by atoms with Gasteiger partial charge in [-0.15, -0.1) is 0 Å². The number of ether oxygens (including phenoxy) is 1. The zero-order chi connectivity index (χ0) is 14.1. The molecule has 0 bridgehead atoms. The van der Waals surface area contributed by atoms with Gasteiger partial charge in [0, 0.05) is 20.2 Å². The molecule has 0 unspecified atom stereocenters. The van der Waals surface area contributed by atoms with Gasteiger partial charge in [0.2, 0.25) is 0 Å². The SMILES string of the molecule is CCc1nn(CC)c(CCCCNCCOC)c1Cl. The minimum absolute atomic E-state index is 0.772. The van der Waals surface area contributed by atoms with E-state index < -0.39 is 0 Å². The van der Waals surface area contributed by atoms with Crippen LogP contribution in [0.5, 0.6) is 0 Å². The highest BCUT2D eigenvalue weighted by atomic mass is 35.5. The summed E-state index contributed by atoms with van der Waals surface area (Å²) in [4.78, 5) is 0. The standard InChI is InChI=1S/C14H26ClN3O/c1-4-12-14(15)13(18(5-2)17-12)8-6-7-9-16-10-11-19-3/h16H,4-11H2,1-3H3. The summed E-state index contributed by atoms with van der Waals surface area (Å²) in [5, 5.41) is 8.76. The number of halogens is 1. The van der Waals surface area contributed by atoms with Crippen LogP contribution in [0.25, 0.3) is 0 Å². The Hall–Kier alpha value is -0.580. The summed E-state index contributed by atoms with van der Waals surface area (Å²) in [5.41, 5.74) is 2.22. The largest absolute Gasteiger partial charge is 0.383 e. The summed E-state index contributed by atoms with van der Waals surface area (Å²) in [6.07, 6.45) is 4.19. The van der Waals surface area contributed by atoms with Gasteiger partial charge >= 0.3 is 0 Å². The summed E-state index contributed by atoms with van der Waals surface area (Å²) in [6.45, 7) is 7.82. The van der Waals surface area contributed by atoms with Crippen LogP contribution >= 0.6 is 11.6 Å². The van der Waals surface area contributed by atoms with Gasteiger partial charge in [-0.3, -0.25) is 4.68 Å². The van der Waals surface area contributed by atoms with Gasteiger partial charge in [-0.2, -0.15) is 5.10 Å². The van der Waals surface area contributed by atoms with Crippen molar-refractivity contribution < 1.29 is 4.74 Å². The Balaban J connectivity index is 2.34. The van der Waals surface area contributed by atoms with Crippen LogP contribution in [0, 0.1) is 0 Å². The fourth-order valence-corrected chi connectivity index (χ4v) is 2.46. The highest BCUT2D eigenvalue weighted by molar-refractivity contribution is 6.31. The average molecular weight is 288 g/mol. The van der Waals surface area contributed by atoms with Crippen molar-refractivity contribution in [2.24, 2.45) is 0 Å². The Morgan fingerprint density at radius 3 is 2.68 bits per heavy atom. The lowest BCUT2D eigenvalue weighted by Crippen LogP contribution is -2.20. The Labute approximate surface area is 121 Å². The van der Waals surface area contributed by atoms with Crippen molar-refractivity contribution in [1.29, 1.82) is 0 Å². The molecule has 0 spiro atoms. The maximum atomic E-state index is 6.37. The molecule has 1 aromatic heterocycles. The third-order valence-corrected chi connectivity index (χ3v) is 3.63. The molecular weight excluding hydrogens is 262 g/mol. The number of aryl methyl sites for hydroxylation is 2. The van der Waals surface area contributed by atoms with E-state index in [1.807, 2.05) is 4.68 Å². The topological polar surface area (TPSA) is 39.1 Å². The highest BCUT2D eigenvalue weighted by Crippen LogP contribution is 2.23. The first-order chi connectivity index (χ1) is 9.24. The molecule has 1 N–H and O–H groups in total. The van der Waals surface area contributed by atoms with Gasteiger partial charge in [-0.05, 0) is 39.2 Å². The summed E-state index contributed by atoms with van der Waals surface area (Å²) >= 11 is 6.37. The van der Waals surface area contributed by atoms with E-state index >= 15 is 0 Å². The van der Waals surface area contributed by atoms with Gasteiger partial charge < -0.3 is 10.1 Å². The van der Waals surface area contributed by atoms with Crippen molar-refractivity contribution in [2.45, 2.75) is 46.1 Å². The minimum atomic E-state index is 0.772. The fourth-order valence-electron chi connectivity index (χ4n) is 2.10. The van der Waals surface area contributed by atoms with E-state index in [0.29, 0.717) is 0 Å². The number of nitrogens with zero attached hydrogens (tertiary/aromatic N) is 2. The van der Waals surface area contributed by atoms with E-state index in [2.05, 4.69) is 24.3 Å². The lowest BCUT2D eigenvalue weighted by Gasteiger charge is -2.06. The summed E-state index contributed by atoms with van der Waals surface area (Å²) in [5.74, 6) is 0. The predicted octanol–water partition coefficient (Wildman–Crippen LogP) is 2.68. The number of methoxy groups -OCH3 is 1. The van der Waals surface area contributed by atoms with Crippen molar-refractivity contribution in [3.63, 3.8) is 0 Å². The normalized spacial score (nSPS) is 11.2. The molecule has 5 heteroatoms. The number of hydrogen-bond donors (Lipinski definition) is 1. The smallest absolute Gasteiger partial charge is 0.0849 e. The number of hydrogen-bond acceptors (Lipinski definition) is 3. The summed E-state index contributed by atoms with van der Waals surface area (Å²) in [6, 6.07) is 0. The average Bonchev–Trinajstić information content (AvgIpc) is 2.74. The lowest BCUT2D eigenvalue weighted by atomic mass is 10.1. The van der Waals surface area contributed by atoms with E-state index in [-0.39, 0.29) is 0 Å². The lowest BCUT2D eigenvalue weighted by molar-refractivity contribution is 0.199. The van der Waals surface area contributed by atoms with Crippen molar-refractivity contribution in [1.82, 2.24) is 15.1 Å². The number of rotatable bonds is 10. The maximum absolute atomic E-state index is 6.37. The minimum Gasteiger partial charge on any atom is -0.383 e. The third-order valence-electron chi connectivity index (χ3n) is 3.19. The van der Waals surface area contributed by atoms with Crippen molar-refractivity contribution >= 4 is 11.6 Å². The number of nitrogens with one attached hydrogen (secondary N) is 1. The zero-order valence-corrected chi connectivity index (χ0v) is 13.1. The van der Waals surface area contributed by atoms with Gasteiger partial charge in [0.05, 0.1) is 23.0 Å². The van der Waals surface area contributed by atoms with Crippen LogP contribution in [-0.4, -0.2) is 36.6 Å². The molecule has 0 aromatic carbocycles. The molecule has 0 amide bonds. The molecule has 0 atom stereocenters. The zero-order valence-electron chi connectivity index (χ0n) is 12.3. The van der Waals surface area contributed by atoms with Crippen molar-refractivity contribution in [3.8, 4) is 0 Å². The van der Waals surface area contributed by atoms with E-state index in [4.69, 9.17) is 16.3 Å². The van der Waals surface area contributed by atoms with Crippen LogP contribution in [-0.2, 0) is 24.1 Å². The second kappa shape index (κ2) is 9.34. The molecule has 0 saturated heterocycles. The van der Waals surface area contributed by atoms with Crippen LogP contribution in [0.1, 0.15) is 38.1 Å². The van der Waals surface area contributed by atoms with Gasteiger partial charge in [0.25, 0.3) is 0 Å². The Bertz CT molecular complexity index is 366.